The number of ether oxygens (including phenoxy) is 1. The largest absolute Gasteiger partial charge is 0.504 e. The summed E-state index contributed by atoms with van der Waals surface area (Å²) in [5.74, 6) is -1.13. The van der Waals surface area contributed by atoms with Gasteiger partial charge in [-0.05, 0) is 22.0 Å². The SMILES string of the molecule is COc1c(-c2cc(N)no2)cc(Br)c(O)c1F. The molecule has 17 heavy (non-hydrogen) atoms. The van der Waals surface area contributed by atoms with Crippen LogP contribution in [0.3, 0.4) is 0 Å². The molecule has 7 heteroatoms. The number of aromatic hydroxyl groups is 1. The van der Waals surface area contributed by atoms with E-state index in [4.69, 9.17) is 15.0 Å². The van der Waals surface area contributed by atoms with Gasteiger partial charge in [0.15, 0.2) is 23.1 Å². The van der Waals surface area contributed by atoms with Crippen molar-refractivity contribution in [2.75, 3.05) is 12.8 Å². The average Bonchev–Trinajstić information content (AvgIpc) is 2.72. The molecular weight excluding hydrogens is 295 g/mol. The third-order valence-corrected chi connectivity index (χ3v) is 2.75. The predicted molar refractivity (Wildman–Crippen MR) is 62.2 cm³/mol. The molecule has 0 saturated carbocycles. The zero-order valence-electron chi connectivity index (χ0n) is 8.70. The van der Waals surface area contributed by atoms with Gasteiger partial charge < -0.3 is 20.1 Å². The van der Waals surface area contributed by atoms with E-state index in [2.05, 4.69) is 21.1 Å². The van der Waals surface area contributed by atoms with Gasteiger partial charge in [-0.25, -0.2) is 0 Å². The van der Waals surface area contributed by atoms with Crippen LogP contribution in [0.1, 0.15) is 0 Å². The molecule has 1 heterocycles. The van der Waals surface area contributed by atoms with Gasteiger partial charge in [-0.3, -0.25) is 0 Å². The van der Waals surface area contributed by atoms with E-state index in [1.165, 1.54) is 19.2 Å². The Morgan fingerprint density at radius 2 is 2.24 bits per heavy atom. The van der Waals surface area contributed by atoms with Gasteiger partial charge in [0.25, 0.3) is 0 Å². The summed E-state index contributed by atoms with van der Waals surface area (Å²) in [6, 6.07) is 2.89. The van der Waals surface area contributed by atoms with E-state index < -0.39 is 11.6 Å². The molecule has 0 unspecified atom stereocenters. The third-order valence-electron chi connectivity index (χ3n) is 2.15. The maximum absolute atomic E-state index is 13.7. The lowest BCUT2D eigenvalue weighted by atomic mass is 10.1. The second-order valence-electron chi connectivity index (χ2n) is 3.22. The first kappa shape index (κ1) is 11.7. The molecule has 5 nitrogen and oxygen atoms in total. The summed E-state index contributed by atoms with van der Waals surface area (Å²) >= 11 is 3.03. The lowest BCUT2D eigenvalue weighted by Crippen LogP contribution is -1.93. The van der Waals surface area contributed by atoms with Crippen LogP contribution in [-0.2, 0) is 0 Å². The molecule has 1 aromatic carbocycles. The lowest BCUT2D eigenvalue weighted by molar-refractivity contribution is 0.361. The molecule has 90 valence electrons. The molecule has 2 aromatic rings. The maximum atomic E-state index is 13.7. The Morgan fingerprint density at radius 1 is 1.53 bits per heavy atom. The van der Waals surface area contributed by atoms with Gasteiger partial charge in [0.05, 0.1) is 17.1 Å². The summed E-state index contributed by atoms with van der Waals surface area (Å²) in [4.78, 5) is 0. The Kier molecular flexibility index (Phi) is 2.93. The maximum Gasteiger partial charge on any atom is 0.208 e. The summed E-state index contributed by atoms with van der Waals surface area (Å²) < 4.78 is 23.7. The van der Waals surface area contributed by atoms with Crippen LogP contribution >= 0.6 is 15.9 Å². The summed E-state index contributed by atoms with van der Waals surface area (Å²) in [5, 5.41) is 12.9. The van der Waals surface area contributed by atoms with Gasteiger partial charge in [-0.2, -0.15) is 4.39 Å². The Morgan fingerprint density at radius 3 is 2.76 bits per heavy atom. The molecule has 0 fully saturated rings. The predicted octanol–water partition coefficient (Wildman–Crippen LogP) is 2.54. The monoisotopic (exact) mass is 302 g/mol. The molecule has 0 saturated heterocycles. The topological polar surface area (TPSA) is 81.5 Å². The van der Waals surface area contributed by atoms with Crippen LogP contribution in [0.15, 0.2) is 21.1 Å². The molecule has 0 bridgehead atoms. The van der Waals surface area contributed by atoms with Crippen LogP contribution in [0.5, 0.6) is 11.5 Å². The molecule has 3 N–H and O–H groups in total. The number of nitrogen functional groups attached to an aromatic ring is 1. The first-order chi connectivity index (χ1) is 8.04. The van der Waals surface area contributed by atoms with Crippen LogP contribution in [0, 0.1) is 5.82 Å². The Balaban J connectivity index is 2.69. The van der Waals surface area contributed by atoms with Crippen molar-refractivity contribution in [1.29, 1.82) is 0 Å². The smallest absolute Gasteiger partial charge is 0.208 e. The average molecular weight is 303 g/mol. The second-order valence-corrected chi connectivity index (χ2v) is 4.07. The Hall–Kier alpha value is -1.76. The summed E-state index contributed by atoms with van der Waals surface area (Å²) in [7, 11) is 1.29. The van der Waals surface area contributed by atoms with Crippen LogP contribution in [0.25, 0.3) is 11.3 Å². The van der Waals surface area contributed by atoms with E-state index in [1.54, 1.807) is 0 Å². The number of anilines is 1. The standard InChI is InChI=1S/C10H8BrFN2O3/c1-16-10-4(6-3-7(13)14-17-6)2-5(11)9(15)8(10)12/h2-3,15H,1H3,(H2,13,14). The number of hydrogen-bond acceptors (Lipinski definition) is 5. The fourth-order valence-corrected chi connectivity index (χ4v) is 1.79. The molecule has 1 aromatic heterocycles. The van der Waals surface area contributed by atoms with Gasteiger partial charge >= 0.3 is 0 Å². The zero-order chi connectivity index (χ0) is 12.6. The fourth-order valence-electron chi connectivity index (χ4n) is 1.39. The number of rotatable bonds is 2. The lowest BCUT2D eigenvalue weighted by Gasteiger charge is -2.09. The molecule has 0 aliphatic heterocycles. The molecule has 0 aliphatic rings. The number of phenolic OH excluding ortho intramolecular Hbond substituents is 1. The van der Waals surface area contributed by atoms with Crippen LogP contribution in [0.2, 0.25) is 0 Å². The van der Waals surface area contributed by atoms with Crippen molar-refractivity contribution in [2.45, 2.75) is 0 Å². The quantitative estimate of drug-likeness (QED) is 0.891. The van der Waals surface area contributed by atoms with Crippen molar-refractivity contribution in [1.82, 2.24) is 5.16 Å². The number of methoxy groups -OCH3 is 1. The molecule has 0 spiro atoms. The number of halogens is 2. The normalized spacial score (nSPS) is 10.5. The first-order valence-corrected chi connectivity index (χ1v) is 5.31. The minimum atomic E-state index is -0.883. The molecule has 0 radical (unpaired) electrons. The fraction of sp³-hybridized carbons (Fsp3) is 0.100. The highest BCUT2D eigenvalue weighted by Crippen LogP contribution is 2.41. The highest BCUT2D eigenvalue weighted by atomic mass is 79.9. The summed E-state index contributed by atoms with van der Waals surface area (Å²) in [5.41, 5.74) is 5.72. The summed E-state index contributed by atoms with van der Waals surface area (Å²) in [6.07, 6.45) is 0. The van der Waals surface area contributed by atoms with E-state index in [-0.39, 0.29) is 21.8 Å². The number of phenols is 1. The number of benzene rings is 1. The number of nitrogens with zero attached hydrogens (tertiary/aromatic N) is 1. The third kappa shape index (κ3) is 1.93. The van der Waals surface area contributed by atoms with Crippen molar-refractivity contribution < 1.29 is 18.8 Å². The van der Waals surface area contributed by atoms with Gasteiger partial charge in [0.1, 0.15) is 0 Å². The minimum absolute atomic E-state index is 0.137. The molecule has 0 aliphatic carbocycles. The van der Waals surface area contributed by atoms with Crippen molar-refractivity contribution in [2.24, 2.45) is 0 Å². The minimum Gasteiger partial charge on any atom is -0.504 e. The van der Waals surface area contributed by atoms with E-state index in [0.29, 0.717) is 5.56 Å². The Bertz CT molecular complexity index is 571. The van der Waals surface area contributed by atoms with Crippen molar-refractivity contribution in [3.8, 4) is 22.8 Å². The number of aromatic nitrogens is 1. The van der Waals surface area contributed by atoms with E-state index in [1.807, 2.05) is 0 Å². The van der Waals surface area contributed by atoms with Gasteiger partial charge in [-0.1, -0.05) is 5.16 Å². The molecule has 0 atom stereocenters. The number of nitrogens with two attached hydrogens (primary N) is 1. The number of hydrogen-bond donors (Lipinski definition) is 2. The van der Waals surface area contributed by atoms with Crippen molar-refractivity contribution in [3.63, 3.8) is 0 Å². The van der Waals surface area contributed by atoms with Crippen LogP contribution in [-0.4, -0.2) is 17.4 Å². The summed E-state index contributed by atoms with van der Waals surface area (Å²) in [6.45, 7) is 0. The van der Waals surface area contributed by atoms with Crippen molar-refractivity contribution >= 4 is 21.7 Å². The van der Waals surface area contributed by atoms with Crippen LogP contribution in [0.4, 0.5) is 10.2 Å². The van der Waals surface area contributed by atoms with E-state index in [9.17, 15) is 9.50 Å². The highest BCUT2D eigenvalue weighted by Gasteiger charge is 2.21. The van der Waals surface area contributed by atoms with Crippen LogP contribution < -0.4 is 10.5 Å². The van der Waals surface area contributed by atoms with E-state index >= 15 is 0 Å². The first-order valence-electron chi connectivity index (χ1n) is 4.52. The van der Waals surface area contributed by atoms with Gasteiger partial charge in [0, 0.05) is 6.07 Å². The molecule has 2 rings (SSSR count). The van der Waals surface area contributed by atoms with E-state index in [0.717, 1.165) is 0 Å². The van der Waals surface area contributed by atoms with Crippen molar-refractivity contribution in [3.05, 3.63) is 22.4 Å². The second kappa shape index (κ2) is 4.25. The highest BCUT2D eigenvalue weighted by molar-refractivity contribution is 9.10. The molecular formula is C10H8BrFN2O3. The Labute approximate surface area is 104 Å². The zero-order valence-corrected chi connectivity index (χ0v) is 10.3. The van der Waals surface area contributed by atoms with Gasteiger partial charge in [-0.15, -0.1) is 0 Å². The van der Waals surface area contributed by atoms with Gasteiger partial charge in [0.2, 0.25) is 5.82 Å². The molecule has 0 amide bonds.